The lowest BCUT2D eigenvalue weighted by Crippen LogP contribution is -1.81. The average molecular weight is 342 g/mol. The van der Waals surface area contributed by atoms with Gasteiger partial charge in [0.2, 0.25) is 0 Å². The van der Waals surface area contributed by atoms with E-state index in [2.05, 4.69) is 18.0 Å². The molecule has 4 heteroatoms. The van der Waals surface area contributed by atoms with Crippen molar-refractivity contribution >= 4 is 17.3 Å². The number of hydrogen-bond acceptors (Lipinski definition) is 2. The van der Waals surface area contributed by atoms with Crippen molar-refractivity contribution in [2.75, 3.05) is 0 Å². The molecule has 0 aliphatic rings. The summed E-state index contributed by atoms with van der Waals surface area (Å²) in [5.74, 6) is -0.132. The molecule has 0 bridgehead atoms. The highest BCUT2D eigenvalue weighted by Crippen LogP contribution is 2.08. The van der Waals surface area contributed by atoms with Crippen LogP contribution in [0.2, 0.25) is 0 Å². The van der Waals surface area contributed by atoms with Gasteiger partial charge in [0.15, 0.2) is 0 Å². The third-order valence-electron chi connectivity index (χ3n) is 3.63. The number of aryl methyl sites for hydroxylation is 2. The van der Waals surface area contributed by atoms with Crippen molar-refractivity contribution in [1.29, 1.82) is 0 Å². The van der Waals surface area contributed by atoms with Crippen molar-refractivity contribution < 1.29 is 9.18 Å². The highest BCUT2D eigenvalue weighted by Gasteiger charge is 1.94. The lowest BCUT2D eigenvalue weighted by atomic mass is 10.2. The first-order valence-electron chi connectivity index (χ1n) is 8.61. The Bertz CT molecular complexity index is 731. The molecule has 0 unspecified atom stereocenters. The molecule has 1 heterocycles. The van der Waals surface area contributed by atoms with Crippen molar-refractivity contribution in [3.05, 3.63) is 66.2 Å². The third kappa shape index (κ3) is 7.75. The summed E-state index contributed by atoms with van der Waals surface area (Å²) >= 11 is 0. The Balaban J connectivity index is 0.000000192. The van der Waals surface area contributed by atoms with Gasteiger partial charge >= 0.3 is 0 Å². The molecule has 0 saturated heterocycles. The number of benzene rings is 2. The van der Waals surface area contributed by atoms with E-state index in [4.69, 9.17) is 0 Å². The quantitative estimate of drug-likeness (QED) is 0.465. The van der Waals surface area contributed by atoms with Crippen molar-refractivity contribution in [3.8, 4) is 0 Å². The second-order valence-corrected chi connectivity index (χ2v) is 5.76. The first-order chi connectivity index (χ1) is 12.1. The molecular formula is C21H27FN2O. The Morgan fingerprint density at radius 3 is 2.32 bits per heavy atom. The topological polar surface area (TPSA) is 34.9 Å². The first-order valence-corrected chi connectivity index (χ1v) is 8.61. The highest BCUT2D eigenvalue weighted by atomic mass is 19.1. The van der Waals surface area contributed by atoms with Gasteiger partial charge in [0.1, 0.15) is 12.1 Å². The summed E-state index contributed by atoms with van der Waals surface area (Å²) in [4.78, 5) is 13.9. The van der Waals surface area contributed by atoms with Crippen LogP contribution < -0.4 is 0 Å². The molecule has 3 nitrogen and oxygen atoms in total. The van der Waals surface area contributed by atoms with Crippen LogP contribution in [0.15, 0.2) is 54.9 Å². The van der Waals surface area contributed by atoms with Crippen molar-refractivity contribution in [3.63, 3.8) is 0 Å². The fraction of sp³-hybridized carbons (Fsp3) is 0.333. The average Bonchev–Trinajstić information content (AvgIpc) is 3.01. The van der Waals surface area contributed by atoms with Crippen LogP contribution in [0.3, 0.4) is 0 Å². The summed E-state index contributed by atoms with van der Waals surface area (Å²) in [6.45, 7) is 3.88. The molecule has 2 aromatic carbocycles. The molecule has 0 aliphatic heterocycles. The van der Waals surface area contributed by atoms with Gasteiger partial charge in [-0.15, -0.1) is 0 Å². The molecule has 0 atom stereocenters. The molecule has 0 fully saturated rings. The number of aldehydes is 1. The number of aromatic nitrogens is 2. The lowest BCUT2D eigenvalue weighted by molar-refractivity contribution is -0.107. The minimum absolute atomic E-state index is 0.132. The number of fused-ring (bicyclic) bond motifs is 1. The number of rotatable bonds is 4. The molecule has 25 heavy (non-hydrogen) atoms. The maximum atomic E-state index is 12.3. The van der Waals surface area contributed by atoms with Gasteiger partial charge in [0.05, 0.1) is 17.4 Å². The minimum atomic E-state index is -0.132. The summed E-state index contributed by atoms with van der Waals surface area (Å²) in [7, 11) is 2.00. The van der Waals surface area contributed by atoms with Gasteiger partial charge in [0, 0.05) is 13.5 Å². The van der Waals surface area contributed by atoms with E-state index in [1.807, 2.05) is 42.2 Å². The van der Waals surface area contributed by atoms with Gasteiger partial charge in [-0.3, -0.25) is 0 Å². The second-order valence-electron chi connectivity index (χ2n) is 5.76. The SMILES string of the molecule is CCCCCC=O.Cc1ccccc1F.Cn1cnc2ccccc21. The summed E-state index contributed by atoms with van der Waals surface area (Å²) in [5, 5.41) is 0. The summed E-state index contributed by atoms with van der Waals surface area (Å²) in [6.07, 6.45) is 7.01. The van der Waals surface area contributed by atoms with E-state index in [9.17, 15) is 9.18 Å². The van der Waals surface area contributed by atoms with E-state index in [-0.39, 0.29) is 5.82 Å². The van der Waals surface area contributed by atoms with Crippen molar-refractivity contribution in [1.82, 2.24) is 9.55 Å². The normalized spacial score (nSPS) is 9.60. The number of unbranched alkanes of at least 4 members (excludes halogenated alkanes) is 3. The van der Waals surface area contributed by atoms with Crippen LogP contribution >= 0.6 is 0 Å². The van der Waals surface area contributed by atoms with Crippen molar-refractivity contribution in [2.45, 2.75) is 39.5 Å². The van der Waals surface area contributed by atoms with Gasteiger partial charge in [-0.2, -0.15) is 0 Å². The molecular weight excluding hydrogens is 315 g/mol. The van der Waals surface area contributed by atoms with Crippen LogP contribution in [0.5, 0.6) is 0 Å². The Morgan fingerprint density at radius 2 is 1.76 bits per heavy atom. The van der Waals surface area contributed by atoms with Gasteiger partial charge in [-0.05, 0) is 37.1 Å². The van der Waals surface area contributed by atoms with Crippen LogP contribution in [-0.2, 0) is 11.8 Å². The van der Waals surface area contributed by atoms with Crippen molar-refractivity contribution in [2.24, 2.45) is 7.05 Å². The van der Waals surface area contributed by atoms with E-state index >= 15 is 0 Å². The van der Waals surface area contributed by atoms with E-state index in [0.29, 0.717) is 5.56 Å². The summed E-state index contributed by atoms with van der Waals surface area (Å²) < 4.78 is 14.3. The molecule has 1 aromatic heterocycles. The Hall–Kier alpha value is -2.49. The molecule has 0 aliphatic carbocycles. The highest BCUT2D eigenvalue weighted by molar-refractivity contribution is 5.74. The smallest absolute Gasteiger partial charge is 0.126 e. The van der Waals surface area contributed by atoms with Crippen LogP contribution in [0.25, 0.3) is 11.0 Å². The zero-order valence-corrected chi connectivity index (χ0v) is 15.3. The lowest BCUT2D eigenvalue weighted by Gasteiger charge is -1.90. The van der Waals surface area contributed by atoms with Crippen LogP contribution in [0.1, 0.15) is 38.2 Å². The number of hydrogen-bond donors (Lipinski definition) is 0. The van der Waals surface area contributed by atoms with E-state index in [0.717, 1.165) is 24.6 Å². The molecule has 0 saturated carbocycles. The Morgan fingerprint density at radius 1 is 1.08 bits per heavy atom. The van der Waals surface area contributed by atoms with Gasteiger partial charge in [-0.1, -0.05) is 50.1 Å². The maximum Gasteiger partial charge on any atom is 0.126 e. The molecule has 134 valence electrons. The number of nitrogens with zero attached hydrogens (tertiary/aromatic N) is 2. The fourth-order valence-corrected chi connectivity index (χ4v) is 2.11. The number of imidazole rings is 1. The van der Waals surface area contributed by atoms with E-state index < -0.39 is 0 Å². The molecule has 0 N–H and O–H groups in total. The largest absolute Gasteiger partial charge is 0.334 e. The van der Waals surface area contributed by atoms with E-state index in [1.165, 1.54) is 24.4 Å². The number of carbonyl (C=O) groups excluding carboxylic acids is 1. The second kappa shape index (κ2) is 12.0. The molecule has 0 amide bonds. The van der Waals surface area contributed by atoms with Crippen LogP contribution in [-0.4, -0.2) is 15.8 Å². The summed E-state index contributed by atoms with van der Waals surface area (Å²) in [5.41, 5.74) is 2.94. The van der Waals surface area contributed by atoms with Crippen LogP contribution in [0, 0.1) is 12.7 Å². The molecule has 0 spiro atoms. The monoisotopic (exact) mass is 342 g/mol. The van der Waals surface area contributed by atoms with Gasteiger partial charge in [0.25, 0.3) is 0 Å². The Kier molecular flexibility index (Phi) is 9.83. The van der Waals surface area contributed by atoms with Crippen LogP contribution in [0.4, 0.5) is 4.39 Å². The van der Waals surface area contributed by atoms with Gasteiger partial charge in [-0.25, -0.2) is 9.37 Å². The Labute approximate surface area is 149 Å². The standard InChI is InChI=1S/C8H8N2.C7H7F.C6H12O/c1-10-6-9-7-4-2-3-5-8(7)10;1-6-4-2-3-5-7(6)8;1-2-3-4-5-6-7/h2-6H,1H3;2-5H,1H3;6H,2-5H2,1H3. The number of halogens is 1. The zero-order valence-electron chi connectivity index (χ0n) is 15.3. The molecule has 3 rings (SSSR count). The minimum Gasteiger partial charge on any atom is -0.334 e. The fourth-order valence-electron chi connectivity index (χ4n) is 2.11. The van der Waals surface area contributed by atoms with Gasteiger partial charge < -0.3 is 9.36 Å². The summed E-state index contributed by atoms with van der Waals surface area (Å²) in [6, 6.07) is 14.8. The molecule has 3 aromatic rings. The predicted octanol–water partition coefficient (Wildman–Crippen LogP) is 5.47. The molecule has 0 radical (unpaired) electrons. The zero-order chi connectivity index (χ0) is 18.5. The first kappa shape index (κ1) is 20.6. The number of carbonyl (C=O) groups is 1. The number of para-hydroxylation sites is 2. The predicted molar refractivity (Wildman–Crippen MR) is 102 cm³/mol. The maximum absolute atomic E-state index is 12.3. The third-order valence-corrected chi connectivity index (χ3v) is 3.63. The van der Waals surface area contributed by atoms with E-state index in [1.54, 1.807) is 19.1 Å².